The average Bonchev–Trinajstić information content (AvgIpc) is 3.25. The Morgan fingerprint density at radius 3 is 3.00 bits per heavy atom. The van der Waals surface area contributed by atoms with Gasteiger partial charge in [-0.25, -0.2) is 0 Å². The Labute approximate surface area is 126 Å². The summed E-state index contributed by atoms with van der Waals surface area (Å²) in [5.74, 6) is 1.11. The van der Waals surface area contributed by atoms with Crippen LogP contribution in [-0.2, 0) is 17.8 Å². The van der Waals surface area contributed by atoms with E-state index in [0.29, 0.717) is 12.1 Å². The molecule has 4 rings (SSSR count). The number of ether oxygens (including phenoxy) is 1. The number of nitrogens with zero attached hydrogens (tertiary/aromatic N) is 1. The molecule has 4 heteroatoms. The zero-order valence-electron chi connectivity index (χ0n) is 12.7. The molecule has 2 atom stereocenters. The maximum atomic E-state index is 5.94. The maximum Gasteiger partial charge on any atom is 0.118 e. The molecule has 1 N–H and O–H groups in total. The molecule has 0 amide bonds. The molecule has 2 heterocycles. The van der Waals surface area contributed by atoms with Crippen LogP contribution in [0.15, 0.2) is 16.7 Å². The molecule has 1 saturated heterocycles. The molecule has 21 heavy (non-hydrogen) atoms. The molecule has 1 aromatic heterocycles. The van der Waals surface area contributed by atoms with Crippen LogP contribution < -0.4 is 5.32 Å². The highest BCUT2D eigenvalue weighted by atomic mass is 16.5. The lowest BCUT2D eigenvalue weighted by molar-refractivity contribution is -0.0926. The monoisotopic (exact) mass is 290 g/mol. The number of hydrogen-bond acceptors (Lipinski definition) is 4. The zero-order valence-corrected chi connectivity index (χ0v) is 12.7. The van der Waals surface area contributed by atoms with Crippen LogP contribution in [0.2, 0.25) is 0 Å². The van der Waals surface area contributed by atoms with Gasteiger partial charge in [0.15, 0.2) is 0 Å². The van der Waals surface area contributed by atoms with Crippen LogP contribution in [0.4, 0.5) is 0 Å². The summed E-state index contributed by atoms with van der Waals surface area (Å²) >= 11 is 0. The van der Waals surface area contributed by atoms with Crippen molar-refractivity contribution in [2.24, 2.45) is 0 Å². The van der Waals surface area contributed by atoms with E-state index >= 15 is 0 Å². The van der Waals surface area contributed by atoms with Crippen molar-refractivity contribution in [2.45, 2.75) is 69.8 Å². The molecular weight excluding hydrogens is 264 g/mol. The van der Waals surface area contributed by atoms with Crippen LogP contribution in [0, 0.1) is 0 Å². The minimum atomic E-state index is 0.457. The first-order valence-corrected chi connectivity index (χ1v) is 8.54. The van der Waals surface area contributed by atoms with Crippen molar-refractivity contribution in [2.75, 3.05) is 13.2 Å². The lowest BCUT2D eigenvalue weighted by atomic mass is 9.90. The summed E-state index contributed by atoms with van der Waals surface area (Å²) in [5, 5.41) is 3.54. The lowest BCUT2D eigenvalue weighted by Gasteiger charge is -2.43. The van der Waals surface area contributed by atoms with Crippen LogP contribution in [0.5, 0.6) is 0 Å². The molecule has 3 aliphatic rings. The van der Waals surface area contributed by atoms with Crippen molar-refractivity contribution < 1.29 is 9.15 Å². The molecular formula is C17H26N2O2. The van der Waals surface area contributed by atoms with Gasteiger partial charge < -0.3 is 14.5 Å². The van der Waals surface area contributed by atoms with Crippen molar-refractivity contribution in [1.82, 2.24) is 10.2 Å². The van der Waals surface area contributed by atoms with E-state index in [-0.39, 0.29) is 0 Å². The molecule has 0 spiro atoms. The first-order chi connectivity index (χ1) is 10.4. The Kier molecular flexibility index (Phi) is 4.01. The van der Waals surface area contributed by atoms with E-state index in [0.717, 1.165) is 38.0 Å². The Bertz CT molecular complexity index is 467. The zero-order chi connectivity index (χ0) is 14.1. The van der Waals surface area contributed by atoms with E-state index in [1.807, 2.05) is 6.26 Å². The molecule has 0 aromatic carbocycles. The Morgan fingerprint density at radius 2 is 2.10 bits per heavy atom. The van der Waals surface area contributed by atoms with E-state index in [4.69, 9.17) is 9.15 Å². The minimum absolute atomic E-state index is 0.457. The van der Waals surface area contributed by atoms with Gasteiger partial charge in [0.25, 0.3) is 0 Å². The van der Waals surface area contributed by atoms with Gasteiger partial charge in [0.05, 0.1) is 25.5 Å². The Balaban J connectivity index is 1.35. The van der Waals surface area contributed by atoms with Crippen molar-refractivity contribution >= 4 is 0 Å². The molecule has 1 aromatic rings. The average molecular weight is 290 g/mol. The highest BCUT2D eigenvalue weighted by molar-refractivity contribution is 5.13. The predicted octanol–water partition coefficient (Wildman–Crippen LogP) is 2.68. The topological polar surface area (TPSA) is 37.6 Å². The highest BCUT2D eigenvalue weighted by Crippen LogP contribution is 2.29. The van der Waals surface area contributed by atoms with Crippen molar-refractivity contribution in [1.29, 1.82) is 0 Å². The first-order valence-electron chi connectivity index (χ1n) is 8.54. The third-order valence-corrected chi connectivity index (χ3v) is 5.09. The van der Waals surface area contributed by atoms with Crippen molar-refractivity contribution in [3.8, 4) is 0 Å². The van der Waals surface area contributed by atoms with Crippen LogP contribution in [-0.4, -0.2) is 36.2 Å². The fourth-order valence-electron chi connectivity index (χ4n) is 3.72. The van der Waals surface area contributed by atoms with Crippen molar-refractivity contribution in [3.63, 3.8) is 0 Å². The molecule has 2 saturated carbocycles. The van der Waals surface area contributed by atoms with Gasteiger partial charge in [-0.1, -0.05) is 12.8 Å². The fourth-order valence-corrected chi connectivity index (χ4v) is 3.72. The smallest absolute Gasteiger partial charge is 0.118 e. The van der Waals surface area contributed by atoms with E-state index in [1.165, 1.54) is 44.1 Å². The van der Waals surface area contributed by atoms with Crippen LogP contribution in [0.1, 0.15) is 49.8 Å². The fraction of sp³-hybridized carbons (Fsp3) is 0.765. The maximum absolute atomic E-state index is 5.94. The van der Waals surface area contributed by atoms with Gasteiger partial charge in [0.2, 0.25) is 0 Å². The summed E-state index contributed by atoms with van der Waals surface area (Å²) in [6, 6.07) is 3.58. The van der Waals surface area contributed by atoms with Gasteiger partial charge >= 0.3 is 0 Å². The van der Waals surface area contributed by atoms with Gasteiger partial charge in [0.1, 0.15) is 5.76 Å². The molecule has 116 valence electrons. The summed E-state index contributed by atoms with van der Waals surface area (Å²) in [7, 11) is 0. The third kappa shape index (κ3) is 3.33. The highest BCUT2D eigenvalue weighted by Gasteiger charge is 2.34. The van der Waals surface area contributed by atoms with E-state index in [9.17, 15) is 0 Å². The second-order valence-corrected chi connectivity index (χ2v) is 6.81. The van der Waals surface area contributed by atoms with Crippen LogP contribution >= 0.6 is 0 Å². The second kappa shape index (κ2) is 6.11. The number of fused-ring (bicyclic) bond motifs is 1. The summed E-state index contributed by atoms with van der Waals surface area (Å²) < 4.78 is 11.7. The summed E-state index contributed by atoms with van der Waals surface area (Å²) in [5.41, 5.74) is 1.28. The number of rotatable bonds is 5. The lowest BCUT2D eigenvalue weighted by Crippen LogP contribution is -2.52. The number of morpholine rings is 1. The normalized spacial score (nSPS) is 30.3. The van der Waals surface area contributed by atoms with Gasteiger partial charge in [-0.05, 0) is 31.7 Å². The van der Waals surface area contributed by atoms with Crippen LogP contribution in [0.25, 0.3) is 0 Å². The van der Waals surface area contributed by atoms with Gasteiger partial charge in [-0.2, -0.15) is 0 Å². The second-order valence-electron chi connectivity index (χ2n) is 6.81. The van der Waals surface area contributed by atoms with Gasteiger partial charge in [0, 0.05) is 30.7 Å². The molecule has 4 nitrogen and oxygen atoms in total. The summed E-state index contributed by atoms with van der Waals surface area (Å²) in [4.78, 5) is 2.57. The Hall–Kier alpha value is -0.840. The minimum Gasteiger partial charge on any atom is -0.468 e. The molecule has 2 aliphatic carbocycles. The van der Waals surface area contributed by atoms with E-state index < -0.39 is 0 Å². The molecule has 3 fully saturated rings. The summed E-state index contributed by atoms with van der Waals surface area (Å²) in [6.45, 7) is 3.80. The van der Waals surface area contributed by atoms with Gasteiger partial charge in [-0.15, -0.1) is 0 Å². The SMILES string of the molecule is c1oc(CN2CCOC3CCCCC32)cc1CNC1CC1. The third-order valence-electron chi connectivity index (χ3n) is 5.09. The number of furan rings is 1. The van der Waals surface area contributed by atoms with Gasteiger partial charge in [-0.3, -0.25) is 4.90 Å². The number of nitrogens with one attached hydrogen (secondary N) is 1. The molecule has 1 aliphatic heterocycles. The molecule has 0 bridgehead atoms. The molecule has 2 unspecified atom stereocenters. The number of hydrogen-bond donors (Lipinski definition) is 1. The summed E-state index contributed by atoms with van der Waals surface area (Å²) in [6.07, 6.45) is 10.2. The Morgan fingerprint density at radius 1 is 1.19 bits per heavy atom. The van der Waals surface area contributed by atoms with Crippen LogP contribution in [0.3, 0.4) is 0 Å². The van der Waals surface area contributed by atoms with E-state index in [1.54, 1.807) is 0 Å². The predicted molar refractivity (Wildman–Crippen MR) is 81.0 cm³/mol. The first kappa shape index (κ1) is 13.8. The largest absolute Gasteiger partial charge is 0.468 e. The van der Waals surface area contributed by atoms with Crippen molar-refractivity contribution in [3.05, 3.63) is 23.7 Å². The quantitative estimate of drug-likeness (QED) is 0.905. The molecule has 0 radical (unpaired) electrons. The van der Waals surface area contributed by atoms with E-state index in [2.05, 4.69) is 16.3 Å². The standard InChI is InChI=1S/C17H26N2O2/c1-2-4-17-16(3-1)19(7-8-20-17)11-15-9-13(12-21-15)10-18-14-5-6-14/h9,12,14,16-18H,1-8,10-11H2.